The van der Waals surface area contributed by atoms with Gasteiger partial charge in [-0.05, 0) is 42.8 Å². The van der Waals surface area contributed by atoms with Crippen LogP contribution in [-0.2, 0) is 0 Å². The van der Waals surface area contributed by atoms with Crippen LogP contribution in [-0.4, -0.2) is 25.0 Å². The lowest BCUT2D eigenvalue weighted by molar-refractivity contribution is 0.0941. The summed E-state index contributed by atoms with van der Waals surface area (Å²) in [5, 5.41) is 5.81. The summed E-state index contributed by atoms with van der Waals surface area (Å²) in [6.07, 6.45) is 0. The van der Waals surface area contributed by atoms with Gasteiger partial charge >= 0.3 is 0 Å². The van der Waals surface area contributed by atoms with Crippen LogP contribution in [0.5, 0.6) is 11.5 Å². The van der Waals surface area contributed by atoms with Gasteiger partial charge in [0.2, 0.25) is 0 Å². The zero-order valence-electron chi connectivity index (χ0n) is 16.6. The average molecular weight is 402 g/mol. The van der Waals surface area contributed by atoms with E-state index in [1.807, 2.05) is 37.3 Å². The molecule has 0 aromatic heterocycles. The molecule has 1 aliphatic rings. The van der Waals surface area contributed by atoms with E-state index in [-0.39, 0.29) is 17.9 Å². The third-order valence-electron chi connectivity index (χ3n) is 4.87. The number of benzene rings is 3. The zero-order valence-corrected chi connectivity index (χ0v) is 16.6. The van der Waals surface area contributed by atoms with E-state index in [2.05, 4.69) is 10.6 Å². The third-order valence-corrected chi connectivity index (χ3v) is 4.87. The molecule has 152 valence electrons. The van der Waals surface area contributed by atoms with Gasteiger partial charge in [0.05, 0.1) is 17.3 Å². The molecule has 1 aliphatic heterocycles. The van der Waals surface area contributed by atoms with Crippen molar-refractivity contribution in [3.63, 3.8) is 0 Å². The van der Waals surface area contributed by atoms with Gasteiger partial charge in [0.1, 0.15) is 13.2 Å². The van der Waals surface area contributed by atoms with E-state index in [0.717, 1.165) is 5.56 Å². The highest BCUT2D eigenvalue weighted by Crippen LogP contribution is 2.31. The molecule has 1 atom stereocenters. The second-order valence-electron chi connectivity index (χ2n) is 6.96. The minimum atomic E-state index is -0.330. The Morgan fingerprint density at radius 2 is 1.53 bits per heavy atom. The van der Waals surface area contributed by atoms with Gasteiger partial charge in [0.25, 0.3) is 11.8 Å². The Morgan fingerprint density at radius 1 is 0.833 bits per heavy atom. The van der Waals surface area contributed by atoms with Gasteiger partial charge in [-0.1, -0.05) is 42.5 Å². The topological polar surface area (TPSA) is 76.7 Å². The standard InChI is InChI=1S/C24H22N2O4/c1-16(17-7-3-2-4-8-17)25-24(28)19-9-5-6-10-20(19)26-23(27)18-11-12-21-22(15-18)30-14-13-29-21/h2-12,15-16H,13-14H2,1H3,(H,25,28)(H,26,27). The number of nitrogens with one attached hydrogen (secondary N) is 2. The van der Waals surface area contributed by atoms with E-state index in [4.69, 9.17) is 9.47 Å². The maximum Gasteiger partial charge on any atom is 0.255 e. The Balaban J connectivity index is 1.50. The van der Waals surface area contributed by atoms with E-state index in [0.29, 0.717) is 41.5 Å². The molecule has 3 aromatic carbocycles. The maximum atomic E-state index is 12.9. The monoisotopic (exact) mass is 402 g/mol. The number of anilines is 1. The molecule has 3 aromatic rings. The van der Waals surface area contributed by atoms with Crippen molar-refractivity contribution in [2.45, 2.75) is 13.0 Å². The predicted octanol–water partition coefficient (Wildman–Crippen LogP) is 4.20. The predicted molar refractivity (Wildman–Crippen MR) is 114 cm³/mol. The second-order valence-corrected chi connectivity index (χ2v) is 6.96. The Bertz CT molecular complexity index is 1070. The molecule has 0 spiro atoms. The molecule has 4 rings (SSSR count). The van der Waals surface area contributed by atoms with Crippen LogP contribution in [0.1, 0.15) is 39.2 Å². The molecule has 0 saturated carbocycles. The number of ether oxygens (including phenoxy) is 2. The fourth-order valence-corrected chi connectivity index (χ4v) is 3.27. The summed E-state index contributed by atoms with van der Waals surface area (Å²) in [4.78, 5) is 25.6. The normalized spacial score (nSPS) is 13.2. The first-order chi connectivity index (χ1) is 14.6. The van der Waals surface area contributed by atoms with Crippen LogP contribution >= 0.6 is 0 Å². The van der Waals surface area contributed by atoms with Crippen LogP contribution in [0.4, 0.5) is 5.69 Å². The molecule has 0 saturated heterocycles. The van der Waals surface area contributed by atoms with Crippen molar-refractivity contribution in [2.24, 2.45) is 0 Å². The molecule has 1 heterocycles. The highest BCUT2D eigenvalue weighted by Gasteiger charge is 2.18. The van der Waals surface area contributed by atoms with Crippen molar-refractivity contribution in [3.8, 4) is 11.5 Å². The zero-order chi connectivity index (χ0) is 20.9. The van der Waals surface area contributed by atoms with Gasteiger partial charge in [-0.3, -0.25) is 9.59 Å². The lowest BCUT2D eigenvalue weighted by atomic mass is 10.1. The summed E-state index contributed by atoms with van der Waals surface area (Å²) in [5.74, 6) is 0.567. The van der Waals surface area contributed by atoms with Gasteiger partial charge < -0.3 is 20.1 Å². The fraction of sp³-hybridized carbons (Fsp3) is 0.167. The second kappa shape index (κ2) is 8.69. The number of amides is 2. The summed E-state index contributed by atoms with van der Waals surface area (Å²) in [5.41, 5.74) is 2.26. The molecule has 0 bridgehead atoms. The lowest BCUT2D eigenvalue weighted by Gasteiger charge is -2.19. The summed E-state index contributed by atoms with van der Waals surface area (Å²) >= 11 is 0. The number of hydrogen-bond donors (Lipinski definition) is 2. The molecular weight excluding hydrogens is 380 g/mol. The van der Waals surface area contributed by atoms with Crippen LogP contribution in [0.2, 0.25) is 0 Å². The van der Waals surface area contributed by atoms with Crippen LogP contribution in [0, 0.1) is 0 Å². The largest absolute Gasteiger partial charge is 0.486 e. The van der Waals surface area contributed by atoms with Crippen molar-refractivity contribution in [1.29, 1.82) is 0 Å². The summed E-state index contributed by atoms with van der Waals surface area (Å²) in [6.45, 7) is 2.85. The number of hydrogen-bond acceptors (Lipinski definition) is 4. The molecular formula is C24H22N2O4. The molecule has 0 fully saturated rings. The van der Waals surface area contributed by atoms with E-state index in [9.17, 15) is 9.59 Å². The lowest BCUT2D eigenvalue weighted by Crippen LogP contribution is -2.28. The summed E-state index contributed by atoms with van der Waals surface area (Å²) in [7, 11) is 0. The van der Waals surface area contributed by atoms with E-state index >= 15 is 0 Å². The molecule has 2 amide bonds. The number of rotatable bonds is 5. The first kappa shape index (κ1) is 19.5. The van der Waals surface area contributed by atoms with Crippen LogP contribution in [0.15, 0.2) is 72.8 Å². The summed E-state index contributed by atoms with van der Waals surface area (Å²) < 4.78 is 11.0. The number of carbonyl (C=O) groups is 2. The molecule has 1 unspecified atom stereocenters. The minimum Gasteiger partial charge on any atom is -0.486 e. The summed E-state index contributed by atoms with van der Waals surface area (Å²) in [6, 6.07) is 21.5. The average Bonchev–Trinajstić information content (AvgIpc) is 2.79. The Labute approximate surface area is 174 Å². The molecule has 0 aliphatic carbocycles. The third kappa shape index (κ3) is 4.27. The maximum absolute atomic E-state index is 12.9. The fourth-order valence-electron chi connectivity index (χ4n) is 3.27. The Kier molecular flexibility index (Phi) is 5.66. The minimum absolute atomic E-state index is 0.166. The van der Waals surface area contributed by atoms with Gasteiger partial charge in [-0.2, -0.15) is 0 Å². The van der Waals surface area contributed by atoms with E-state index in [1.165, 1.54) is 0 Å². The first-order valence-electron chi connectivity index (χ1n) is 9.77. The SMILES string of the molecule is CC(NC(=O)c1ccccc1NC(=O)c1ccc2c(c1)OCCO2)c1ccccc1. The van der Waals surface area contributed by atoms with Crippen molar-refractivity contribution in [1.82, 2.24) is 5.32 Å². The number of carbonyl (C=O) groups excluding carboxylic acids is 2. The highest BCUT2D eigenvalue weighted by molar-refractivity contribution is 6.09. The highest BCUT2D eigenvalue weighted by atomic mass is 16.6. The Morgan fingerprint density at radius 3 is 2.33 bits per heavy atom. The van der Waals surface area contributed by atoms with Gasteiger partial charge in [0, 0.05) is 5.56 Å². The molecule has 30 heavy (non-hydrogen) atoms. The van der Waals surface area contributed by atoms with Crippen molar-refractivity contribution >= 4 is 17.5 Å². The molecule has 2 N–H and O–H groups in total. The molecule has 6 heteroatoms. The molecule has 6 nitrogen and oxygen atoms in total. The smallest absolute Gasteiger partial charge is 0.255 e. The van der Waals surface area contributed by atoms with Crippen LogP contribution in [0.3, 0.4) is 0 Å². The Hall–Kier alpha value is -3.80. The van der Waals surface area contributed by atoms with Gasteiger partial charge in [0.15, 0.2) is 11.5 Å². The molecule has 0 radical (unpaired) electrons. The van der Waals surface area contributed by atoms with E-state index in [1.54, 1.807) is 42.5 Å². The first-order valence-corrected chi connectivity index (χ1v) is 9.77. The number of fused-ring (bicyclic) bond motifs is 1. The van der Waals surface area contributed by atoms with E-state index < -0.39 is 0 Å². The van der Waals surface area contributed by atoms with Crippen molar-refractivity contribution in [3.05, 3.63) is 89.5 Å². The van der Waals surface area contributed by atoms with Crippen molar-refractivity contribution in [2.75, 3.05) is 18.5 Å². The quantitative estimate of drug-likeness (QED) is 0.671. The van der Waals surface area contributed by atoms with Gasteiger partial charge in [-0.15, -0.1) is 0 Å². The number of para-hydroxylation sites is 1. The van der Waals surface area contributed by atoms with Crippen molar-refractivity contribution < 1.29 is 19.1 Å². The van der Waals surface area contributed by atoms with Crippen LogP contribution in [0.25, 0.3) is 0 Å². The van der Waals surface area contributed by atoms with Gasteiger partial charge in [-0.25, -0.2) is 0 Å². The van der Waals surface area contributed by atoms with Crippen LogP contribution < -0.4 is 20.1 Å².